The molecule has 0 fully saturated rings. The molecular weight excluding hydrogens is 274 g/mol. The number of aliphatic hydroxyl groups excluding tert-OH is 1. The molecule has 0 bridgehead atoms. The van der Waals surface area contributed by atoms with E-state index in [0.717, 1.165) is 27.6 Å². The Morgan fingerprint density at radius 2 is 1.64 bits per heavy atom. The number of aromatic hydroxyl groups is 1. The van der Waals surface area contributed by atoms with E-state index in [9.17, 15) is 5.11 Å². The van der Waals surface area contributed by atoms with E-state index < -0.39 is 0 Å². The molecule has 0 saturated carbocycles. The van der Waals surface area contributed by atoms with E-state index in [2.05, 4.69) is 5.32 Å². The van der Waals surface area contributed by atoms with E-state index in [-0.39, 0.29) is 6.61 Å². The third-order valence-corrected chi connectivity index (χ3v) is 3.84. The SMILES string of the molecule is OCCc1ccc(NCc2c(O)ccc3ccccc23)cc1. The van der Waals surface area contributed by atoms with Crippen LogP contribution >= 0.6 is 0 Å². The number of anilines is 1. The molecule has 0 aromatic heterocycles. The molecule has 112 valence electrons. The number of hydrogen-bond acceptors (Lipinski definition) is 3. The Labute approximate surface area is 129 Å². The van der Waals surface area contributed by atoms with E-state index in [1.54, 1.807) is 6.07 Å². The fourth-order valence-electron chi connectivity index (χ4n) is 2.62. The number of fused-ring (bicyclic) bond motifs is 1. The summed E-state index contributed by atoms with van der Waals surface area (Å²) < 4.78 is 0. The van der Waals surface area contributed by atoms with Crippen LogP contribution in [0.5, 0.6) is 5.75 Å². The Bertz CT molecular complexity index is 766. The van der Waals surface area contributed by atoms with Crippen LogP contribution in [0.15, 0.2) is 60.7 Å². The Morgan fingerprint density at radius 1 is 0.864 bits per heavy atom. The third kappa shape index (κ3) is 3.05. The van der Waals surface area contributed by atoms with Gasteiger partial charge in [-0.05, 0) is 41.0 Å². The number of phenolic OH excluding ortho intramolecular Hbond substituents is 1. The van der Waals surface area contributed by atoms with Crippen LogP contribution < -0.4 is 5.32 Å². The van der Waals surface area contributed by atoms with Gasteiger partial charge in [0.15, 0.2) is 0 Å². The maximum absolute atomic E-state index is 10.1. The fourth-order valence-corrected chi connectivity index (χ4v) is 2.62. The van der Waals surface area contributed by atoms with Crippen LogP contribution in [-0.4, -0.2) is 16.8 Å². The molecule has 0 aliphatic rings. The maximum atomic E-state index is 10.1. The molecule has 0 radical (unpaired) electrons. The predicted octanol–water partition coefficient (Wildman–Crippen LogP) is 3.69. The molecule has 0 aliphatic carbocycles. The zero-order valence-electron chi connectivity index (χ0n) is 12.3. The summed E-state index contributed by atoms with van der Waals surface area (Å²) in [5.74, 6) is 0.308. The Morgan fingerprint density at radius 3 is 2.41 bits per heavy atom. The average Bonchev–Trinajstić information content (AvgIpc) is 2.56. The van der Waals surface area contributed by atoms with Gasteiger partial charge in [-0.1, -0.05) is 42.5 Å². The molecule has 3 aromatic rings. The first-order valence-electron chi connectivity index (χ1n) is 7.41. The molecule has 0 aliphatic heterocycles. The minimum atomic E-state index is 0.163. The normalized spacial score (nSPS) is 10.8. The smallest absolute Gasteiger partial charge is 0.121 e. The molecule has 3 nitrogen and oxygen atoms in total. The molecule has 3 N–H and O–H groups in total. The van der Waals surface area contributed by atoms with Gasteiger partial charge >= 0.3 is 0 Å². The average molecular weight is 293 g/mol. The second-order valence-electron chi connectivity index (χ2n) is 5.31. The lowest BCUT2D eigenvalue weighted by atomic mass is 10.0. The van der Waals surface area contributed by atoms with E-state index in [4.69, 9.17) is 5.11 Å². The minimum Gasteiger partial charge on any atom is -0.508 e. The molecule has 0 spiro atoms. The summed E-state index contributed by atoms with van der Waals surface area (Å²) in [5.41, 5.74) is 3.01. The Kier molecular flexibility index (Phi) is 4.26. The van der Waals surface area contributed by atoms with Crippen LogP contribution in [-0.2, 0) is 13.0 Å². The quantitative estimate of drug-likeness (QED) is 0.672. The summed E-state index contributed by atoms with van der Waals surface area (Å²) in [6, 6.07) is 19.7. The second-order valence-corrected chi connectivity index (χ2v) is 5.31. The first kappa shape index (κ1) is 14.4. The molecule has 22 heavy (non-hydrogen) atoms. The number of nitrogens with one attached hydrogen (secondary N) is 1. The molecule has 3 rings (SSSR count). The lowest BCUT2D eigenvalue weighted by Gasteiger charge is -2.12. The van der Waals surface area contributed by atoms with Crippen LogP contribution in [0.2, 0.25) is 0 Å². The summed E-state index contributed by atoms with van der Waals surface area (Å²) in [4.78, 5) is 0. The van der Waals surface area contributed by atoms with Crippen molar-refractivity contribution in [1.82, 2.24) is 0 Å². The molecule has 3 heteroatoms. The van der Waals surface area contributed by atoms with Crippen molar-refractivity contribution < 1.29 is 10.2 Å². The first-order chi connectivity index (χ1) is 10.8. The second kappa shape index (κ2) is 6.50. The zero-order chi connectivity index (χ0) is 15.4. The Balaban J connectivity index is 1.80. The zero-order valence-corrected chi connectivity index (χ0v) is 12.3. The predicted molar refractivity (Wildman–Crippen MR) is 90.2 cm³/mol. The highest BCUT2D eigenvalue weighted by Gasteiger charge is 2.06. The molecule has 0 amide bonds. The van der Waals surface area contributed by atoms with Crippen molar-refractivity contribution in [2.45, 2.75) is 13.0 Å². The van der Waals surface area contributed by atoms with Gasteiger partial charge in [-0.2, -0.15) is 0 Å². The van der Waals surface area contributed by atoms with Gasteiger partial charge in [0, 0.05) is 24.4 Å². The van der Waals surface area contributed by atoms with Gasteiger partial charge in [0.2, 0.25) is 0 Å². The van der Waals surface area contributed by atoms with Gasteiger partial charge in [0.1, 0.15) is 5.75 Å². The summed E-state index contributed by atoms with van der Waals surface area (Å²) in [6.07, 6.45) is 0.671. The monoisotopic (exact) mass is 293 g/mol. The van der Waals surface area contributed by atoms with Crippen molar-refractivity contribution in [2.75, 3.05) is 11.9 Å². The standard InChI is InChI=1S/C19H19NO2/c21-12-11-14-5-8-16(9-6-14)20-13-18-17-4-2-1-3-15(17)7-10-19(18)22/h1-10,20-22H,11-13H2. The van der Waals surface area contributed by atoms with Gasteiger partial charge in [-0.15, -0.1) is 0 Å². The highest BCUT2D eigenvalue weighted by Crippen LogP contribution is 2.27. The first-order valence-corrected chi connectivity index (χ1v) is 7.41. The van der Waals surface area contributed by atoms with Crippen LogP contribution in [0, 0.1) is 0 Å². The largest absolute Gasteiger partial charge is 0.508 e. The van der Waals surface area contributed by atoms with Crippen LogP contribution in [0.3, 0.4) is 0 Å². The van der Waals surface area contributed by atoms with E-state index in [1.807, 2.05) is 54.6 Å². The lowest BCUT2D eigenvalue weighted by molar-refractivity contribution is 0.299. The number of benzene rings is 3. The van der Waals surface area contributed by atoms with Gasteiger partial charge in [0.25, 0.3) is 0 Å². The number of hydrogen-bond donors (Lipinski definition) is 3. The summed E-state index contributed by atoms with van der Waals surface area (Å²) >= 11 is 0. The van der Waals surface area contributed by atoms with E-state index in [1.165, 1.54) is 0 Å². The third-order valence-electron chi connectivity index (χ3n) is 3.84. The van der Waals surface area contributed by atoms with Gasteiger partial charge in [-0.3, -0.25) is 0 Å². The van der Waals surface area contributed by atoms with Crippen molar-refractivity contribution in [3.63, 3.8) is 0 Å². The van der Waals surface area contributed by atoms with Crippen LogP contribution in [0.1, 0.15) is 11.1 Å². The Hall–Kier alpha value is -2.52. The van der Waals surface area contributed by atoms with Crippen LogP contribution in [0.4, 0.5) is 5.69 Å². The number of rotatable bonds is 5. The van der Waals surface area contributed by atoms with Crippen molar-refractivity contribution in [3.8, 4) is 5.75 Å². The highest BCUT2D eigenvalue weighted by molar-refractivity contribution is 5.87. The summed E-state index contributed by atoms with van der Waals surface area (Å²) in [7, 11) is 0. The molecule has 0 saturated heterocycles. The van der Waals surface area contributed by atoms with Gasteiger partial charge < -0.3 is 15.5 Å². The van der Waals surface area contributed by atoms with Crippen molar-refractivity contribution >= 4 is 16.5 Å². The minimum absolute atomic E-state index is 0.163. The molecular formula is C19H19NO2. The van der Waals surface area contributed by atoms with E-state index in [0.29, 0.717) is 18.7 Å². The molecule has 3 aromatic carbocycles. The van der Waals surface area contributed by atoms with Crippen molar-refractivity contribution in [2.24, 2.45) is 0 Å². The maximum Gasteiger partial charge on any atom is 0.121 e. The van der Waals surface area contributed by atoms with Crippen molar-refractivity contribution in [3.05, 3.63) is 71.8 Å². The van der Waals surface area contributed by atoms with Gasteiger partial charge in [-0.25, -0.2) is 0 Å². The van der Waals surface area contributed by atoms with Gasteiger partial charge in [0.05, 0.1) is 0 Å². The van der Waals surface area contributed by atoms with Crippen LogP contribution in [0.25, 0.3) is 10.8 Å². The molecule has 0 atom stereocenters. The lowest BCUT2D eigenvalue weighted by Crippen LogP contribution is -2.01. The fraction of sp³-hybridized carbons (Fsp3) is 0.158. The molecule has 0 heterocycles. The summed E-state index contributed by atoms with van der Waals surface area (Å²) in [6.45, 7) is 0.725. The number of phenols is 1. The topological polar surface area (TPSA) is 52.5 Å². The number of aliphatic hydroxyl groups is 1. The molecule has 0 unspecified atom stereocenters. The summed E-state index contributed by atoms with van der Waals surface area (Å²) in [5, 5.41) is 24.6. The van der Waals surface area contributed by atoms with E-state index >= 15 is 0 Å². The highest BCUT2D eigenvalue weighted by atomic mass is 16.3. The van der Waals surface area contributed by atoms with Crippen molar-refractivity contribution in [1.29, 1.82) is 0 Å².